The van der Waals surface area contributed by atoms with E-state index in [1.807, 2.05) is 5.32 Å². The largest absolute Gasteiger partial charge is 0.405 e. The molecule has 0 aromatic carbocycles. The van der Waals surface area contributed by atoms with Gasteiger partial charge in [-0.2, -0.15) is 13.2 Å². The number of thioether (sulfide) groups is 1. The SMILES string of the molecule is Cc1noc(C)c1CSC(C)C(=O)NCC(F)(F)F. The van der Waals surface area contributed by atoms with E-state index in [0.29, 0.717) is 11.5 Å². The van der Waals surface area contributed by atoms with Crippen molar-refractivity contribution >= 4 is 17.7 Å². The number of hydrogen-bond acceptors (Lipinski definition) is 4. The first-order valence-electron chi connectivity index (χ1n) is 5.58. The topological polar surface area (TPSA) is 55.1 Å². The normalized spacial score (nSPS) is 13.4. The Morgan fingerprint density at radius 2 is 2.11 bits per heavy atom. The van der Waals surface area contributed by atoms with Gasteiger partial charge in [-0.25, -0.2) is 0 Å². The number of aromatic nitrogens is 1. The predicted octanol–water partition coefficient (Wildman–Crippen LogP) is 2.59. The molecule has 4 nitrogen and oxygen atoms in total. The number of nitrogens with one attached hydrogen (secondary N) is 1. The van der Waals surface area contributed by atoms with Crippen molar-refractivity contribution in [1.29, 1.82) is 0 Å². The summed E-state index contributed by atoms with van der Waals surface area (Å²) in [7, 11) is 0. The molecule has 0 fully saturated rings. The number of amides is 1. The van der Waals surface area contributed by atoms with E-state index < -0.39 is 23.9 Å². The molecule has 0 saturated heterocycles. The van der Waals surface area contributed by atoms with E-state index >= 15 is 0 Å². The van der Waals surface area contributed by atoms with Gasteiger partial charge in [0.25, 0.3) is 0 Å². The highest BCUT2D eigenvalue weighted by atomic mass is 32.2. The van der Waals surface area contributed by atoms with Crippen molar-refractivity contribution < 1.29 is 22.5 Å². The second-order valence-corrected chi connectivity index (χ2v) is 5.42. The molecular weight excluding hydrogens is 281 g/mol. The summed E-state index contributed by atoms with van der Waals surface area (Å²) in [5, 5.41) is 5.05. The van der Waals surface area contributed by atoms with Crippen molar-refractivity contribution in [3.05, 3.63) is 17.0 Å². The molecule has 1 aromatic heterocycles. The van der Waals surface area contributed by atoms with Gasteiger partial charge in [0.15, 0.2) is 0 Å². The third kappa shape index (κ3) is 5.14. The number of hydrogen-bond donors (Lipinski definition) is 1. The lowest BCUT2D eigenvalue weighted by molar-refractivity contribution is -0.137. The first-order chi connectivity index (χ1) is 8.70. The van der Waals surface area contributed by atoms with Gasteiger partial charge in [0.1, 0.15) is 12.3 Å². The van der Waals surface area contributed by atoms with Gasteiger partial charge in [0.05, 0.1) is 10.9 Å². The van der Waals surface area contributed by atoms with E-state index in [1.165, 1.54) is 11.8 Å². The summed E-state index contributed by atoms with van der Waals surface area (Å²) in [6, 6.07) is 0. The van der Waals surface area contributed by atoms with E-state index in [1.54, 1.807) is 20.8 Å². The number of carbonyl (C=O) groups is 1. The molecule has 0 aliphatic rings. The van der Waals surface area contributed by atoms with Crippen LogP contribution in [0.1, 0.15) is 23.9 Å². The lowest BCUT2D eigenvalue weighted by Gasteiger charge is -2.13. The fraction of sp³-hybridized carbons (Fsp3) is 0.636. The average molecular weight is 296 g/mol. The first kappa shape index (κ1) is 15.9. The summed E-state index contributed by atoms with van der Waals surface area (Å²) in [6.07, 6.45) is -4.39. The highest BCUT2D eigenvalue weighted by Gasteiger charge is 2.28. The molecule has 0 bridgehead atoms. The summed E-state index contributed by atoms with van der Waals surface area (Å²) in [4.78, 5) is 11.4. The number of alkyl halides is 3. The molecule has 1 aromatic rings. The van der Waals surface area contributed by atoms with Crippen LogP contribution in [-0.4, -0.2) is 29.0 Å². The van der Waals surface area contributed by atoms with Crippen molar-refractivity contribution in [3.8, 4) is 0 Å². The minimum Gasteiger partial charge on any atom is -0.361 e. The Labute approximate surface area is 113 Å². The second-order valence-electron chi connectivity index (χ2n) is 4.09. The van der Waals surface area contributed by atoms with Gasteiger partial charge in [-0.05, 0) is 20.8 Å². The van der Waals surface area contributed by atoms with Crippen LogP contribution in [0.4, 0.5) is 13.2 Å². The standard InChI is InChI=1S/C11H15F3N2O2S/c1-6-9(7(2)18-16-6)4-19-8(3)10(17)15-5-11(12,13)14/h8H,4-5H2,1-3H3,(H,15,17). The van der Waals surface area contributed by atoms with Crippen LogP contribution in [0.25, 0.3) is 0 Å². The van der Waals surface area contributed by atoms with E-state index in [9.17, 15) is 18.0 Å². The number of aryl methyl sites for hydroxylation is 2. The zero-order valence-corrected chi connectivity index (χ0v) is 11.6. The van der Waals surface area contributed by atoms with Crippen LogP contribution in [0.5, 0.6) is 0 Å². The smallest absolute Gasteiger partial charge is 0.361 e. The van der Waals surface area contributed by atoms with Crippen molar-refractivity contribution in [2.75, 3.05) is 6.54 Å². The van der Waals surface area contributed by atoms with E-state index in [-0.39, 0.29) is 0 Å². The zero-order valence-electron chi connectivity index (χ0n) is 10.8. The summed E-state index contributed by atoms with van der Waals surface area (Å²) in [6.45, 7) is 3.79. The summed E-state index contributed by atoms with van der Waals surface area (Å²) >= 11 is 1.24. The summed E-state index contributed by atoms with van der Waals surface area (Å²) in [5.41, 5.74) is 1.60. The second kappa shape index (κ2) is 6.31. The molecule has 0 radical (unpaired) electrons. The fourth-order valence-electron chi connectivity index (χ4n) is 1.32. The summed E-state index contributed by atoms with van der Waals surface area (Å²) in [5.74, 6) is 0.504. The first-order valence-corrected chi connectivity index (χ1v) is 6.63. The van der Waals surface area contributed by atoms with Gasteiger partial charge in [-0.3, -0.25) is 4.79 Å². The quantitative estimate of drug-likeness (QED) is 0.907. The molecule has 0 aliphatic heterocycles. The van der Waals surface area contributed by atoms with Crippen molar-refractivity contribution in [1.82, 2.24) is 10.5 Å². The molecule has 1 rings (SSSR count). The fourth-order valence-corrected chi connectivity index (χ4v) is 2.39. The van der Waals surface area contributed by atoms with Crippen LogP contribution in [-0.2, 0) is 10.5 Å². The van der Waals surface area contributed by atoms with E-state index in [4.69, 9.17) is 4.52 Å². The maximum atomic E-state index is 12.0. The van der Waals surface area contributed by atoms with E-state index in [2.05, 4.69) is 5.16 Å². The molecule has 8 heteroatoms. The van der Waals surface area contributed by atoms with Crippen LogP contribution in [0.3, 0.4) is 0 Å². The number of rotatable bonds is 5. The molecule has 1 N–H and O–H groups in total. The molecule has 1 heterocycles. The minimum atomic E-state index is -4.39. The Kier molecular flexibility index (Phi) is 5.28. The summed E-state index contributed by atoms with van der Waals surface area (Å²) < 4.78 is 40.8. The third-order valence-corrected chi connectivity index (χ3v) is 3.66. The number of nitrogens with zero attached hydrogens (tertiary/aromatic N) is 1. The zero-order chi connectivity index (χ0) is 14.6. The predicted molar refractivity (Wildman–Crippen MR) is 65.8 cm³/mol. The molecule has 1 atom stereocenters. The molecular formula is C11H15F3N2O2S. The highest BCUT2D eigenvalue weighted by molar-refractivity contribution is 7.99. The maximum absolute atomic E-state index is 12.0. The Bertz CT molecular complexity index is 426. The molecule has 19 heavy (non-hydrogen) atoms. The molecule has 108 valence electrons. The van der Waals surface area contributed by atoms with Gasteiger partial charge in [0, 0.05) is 11.3 Å². The van der Waals surface area contributed by atoms with Crippen LogP contribution in [0.15, 0.2) is 4.52 Å². The van der Waals surface area contributed by atoms with Gasteiger partial charge >= 0.3 is 6.18 Å². The average Bonchev–Trinajstić information content (AvgIpc) is 2.62. The Morgan fingerprint density at radius 1 is 1.47 bits per heavy atom. The minimum absolute atomic E-state index is 0.474. The third-order valence-electron chi connectivity index (χ3n) is 2.49. The van der Waals surface area contributed by atoms with Crippen molar-refractivity contribution in [2.24, 2.45) is 0 Å². The highest BCUT2D eigenvalue weighted by Crippen LogP contribution is 2.23. The Balaban J connectivity index is 2.43. The molecule has 1 amide bonds. The lowest BCUT2D eigenvalue weighted by atomic mass is 10.2. The van der Waals surface area contributed by atoms with Crippen LogP contribution >= 0.6 is 11.8 Å². The molecule has 0 saturated carbocycles. The van der Waals surface area contributed by atoms with Crippen LogP contribution in [0.2, 0.25) is 0 Å². The van der Waals surface area contributed by atoms with Crippen LogP contribution in [0, 0.1) is 13.8 Å². The Hall–Kier alpha value is -1.18. The van der Waals surface area contributed by atoms with Gasteiger partial charge in [-0.1, -0.05) is 5.16 Å². The maximum Gasteiger partial charge on any atom is 0.405 e. The van der Waals surface area contributed by atoms with Crippen molar-refractivity contribution in [2.45, 2.75) is 38.0 Å². The van der Waals surface area contributed by atoms with Gasteiger partial charge in [-0.15, -0.1) is 11.8 Å². The van der Waals surface area contributed by atoms with E-state index in [0.717, 1.165) is 11.3 Å². The molecule has 0 aliphatic carbocycles. The lowest BCUT2D eigenvalue weighted by Crippen LogP contribution is -2.38. The van der Waals surface area contributed by atoms with Gasteiger partial charge < -0.3 is 9.84 Å². The van der Waals surface area contributed by atoms with Gasteiger partial charge in [0.2, 0.25) is 5.91 Å². The van der Waals surface area contributed by atoms with Crippen LogP contribution < -0.4 is 5.32 Å². The monoisotopic (exact) mass is 296 g/mol. The number of halogens is 3. The molecule has 0 spiro atoms. The number of carbonyl (C=O) groups excluding carboxylic acids is 1. The molecule has 1 unspecified atom stereocenters. The van der Waals surface area contributed by atoms with Crippen molar-refractivity contribution in [3.63, 3.8) is 0 Å². The Morgan fingerprint density at radius 3 is 2.58 bits per heavy atom.